The third-order valence-corrected chi connectivity index (χ3v) is 1.93. The molecule has 0 aromatic rings. The molecule has 0 unspecified atom stereocenters. The summed E-state index contributed by atoms with van der Waals surface area (Å²) in [5.74, 6) is 0. The molecular weight excluding hydrogens is 114 g/mol. The van der Waals surface area contributed by atoms with Crippen molar-refractivity contribution in [1.82, 2.24) is 0 Å². The predicted octanol–water partition coefficient (Wildman–Crippen LogP) is -4.31. The summed E-state index contributed by atoms with van der Waals surface area (Å²) in [7, 11) is 0. The maximum Gasteiger partial charge on any atom is 0.127 e. The zero-order valence-corrected chi connectivity index (χ0v) is 6.03. The average Bonchev–Trinajstić information content (AvgIpc) is 1.91. The first kappa shape index (κ1) is 6.99. The van der Waals surface area contributed by atoms with Gasteiger partial charge in [0, 0.05) is 0 Å². The van der Waals surface area contributed by atoms with Crippen LogP contribution in [-0.2, 0) is 0 Å². The Morgan fingerprint density at radius 1 is 1.33 bits per heavy atom. The molecule has 3 nitrogen and oxygen atoms in total. The molecule has 0 aromatic carbocycles. The SMILES string of the molecule is [NH3+]CC[NH+]1CC[NH2+]CC1. The molecule has 1 saturated heterocycles. The maximum atomic E-state index is 3.85. The van der Waals surface area contributed by atoms with E-state index in [-0.39, 0.29) is 0 Å². The number of nitrogens with two attached hydrogens (primary N) is 1. The summed E-state index contributed by atoms with van der Waals surface area (Å²) >= 11 is 0. The Morgan fingerprint density at radius 2 is 2.00 bits per heavy atom. The van der Waals surface area contributed by atoms with Crippen molar-refractivity contribution in [1.29, 1.82) is 0 Å². The Bertz CT molecular complexity index is 65.9. The highest BCUT2D eigenvalue weighted by molar-refractivity contribution is 4.32. The lowest BCUT2D eigenvalue weighted by Crippen LogP contribution is -3.21. The van der Waals surface area contributed by atoms with Crippen LogP contribution in [0.5, 0.6) is 0 Å². The number of hydrogen-bond donors (Lipinski definition) is 3. The lowest BCUT2D eigenvalue weighted by Gasteiger charge is -2.20. The fourth-order valence-electron chi connectivity index (χ4n) is 1.38. The largest absolute Gasteiger partial charge is 0.353 e. The molecular formula is C6H18N3+3. The van der Waals surface area contributed by atoms with E-state index >= 15 is 0 Å². The van der Waals surface area contributed by atoms with E-state index in [9.17, 15) is 0 Å². The van der Waals surface area contributed by atoms with Crippen LogP contribution >= 0.6 is 0 Å². The van der Waals surface area contributed by atoms with Crippen LogP contribution in [0, 0.1) is 0 Å². The number of piperazine rings is 1. The minimum Gasteiger partial charge on any atom is -0.353 e. The van der Waals surface area contributed by atoms with Gasteiger partial charge in [0.25, 0.3) is 0 Å². The molecule has 1 rings (SSSR count). The Kier molecular flexibility index (Phi) is 2.97. The van der Waals surface area contributed by atoms with Crippen LogP contribution < -0.4 is 16.0 Å². The molecule has 0 atom stereocenters. The Balaban J connectivity index is 2.08. The lowest BCUT2D eigenvalue weighted by atomic mass is 10.3. The Labute approximate surface area is 56.2 Å². The van der Waals surface area contributed by atoms with Gasteiger partial charge in [-0.15, -0.1) is 0 Å². The molecule has 0 radical (unpaired) electrons. The van der Waals surface area contributed by atoms with E-state index in [1.807, 2.05) is 0 Å². The van der Waals surface area contributed by atoms with Crippen LogP contribution in [0.4, 0.5) is 0 Å². The topological polar surface area (TPSA) is 48.7 Å². The van der Waals surface area contributed by atoms with Crippen molar-refractivity contribution in [2.24, 2.45) is 0 Å². The molecule has 1 fully saturated rings. The molecule has 1 heterocycles. The normalized spacial score (nSPS) is 22.3. The van der Waals surface area contributed by atoms with Crippen molar-refractivity contribution in [2.75, 3.05) is 39.3 Å². The standard InChI is InChI=1S/C6H15N3/c7-1-4-9-5-2-8-3-6-9/h8H,1-7H2/p+3. The quantitative estimate of drug-likeness (QED) is 0.340. The van der Waals surface area contributed by atoms with Crippen molar-refractivity contribution in [3.05, 3.63) is 0 Å². The summed E-state index contributed by atoms with van der Waals surface area (Å²) in [6.45, 7) is 7.68. The van der Waals surface area contributed by atoms with Crippen molar-refractivity contribution >= 4 is 0 Å². The van der Waals surface area contributed by atoms with Crippen molar-refractivity contribution < 1.29 is 16.0 Å². The maximum absolute atomic E-state index is 3.85. The van der Waals surface area contributed by atoms with Crippen LogP contribution in [0.3, 0.4) is 0 Å². The van der Waals surface area contributed by atoms with Gasteiger partial charge in [0.15, 0.2) is 0 Å². The molecule has 3 heteroatoms. The molecule has 1 aliphatic rings. The van der Waals surface area contributed by atoms with Gasteiger partial charge in [0.2, 0.25) is 0 Å². The van der Waals surface area contributed by atoms with Crippen molar-refractivity contribution in [3.63, 3.8) is 0 Å². The second-order valence-corrected chi connectivity index (χ2v) is 2.72. The fourth-order valence-corrected chi connectivity index (χ4v) is 1.38. The van der Waals surface area contributed by atoms with E-state index in [0.717, 1.165) is 6.54 Å². The molecule has 6 N–H and O–H groups in total. The van der Waals surface area contributed by atoms with Crippen LogP contribution in [-0.4, -0.2) is 39.3 Å². The summed E-state index contributed by atoms with van der Waals surface area (Å²) in [5, 5.41) is 2.40. The Hall–Kier alpha value is -0.120. The fraction of sp³-hybridized carbons (Fsp3) is 1.00. The highest BCUT2D eigenvalue weighted by atomic mass is 15.2. The third kappa shape index (κ3) is 2.30. The van der Waals surface area contributed by atoms with Gasteiger partial charge < -0.3 is 16.0 Å². The van der Waals surface area contributed by atoms with Crippen LogP contribution in [0.2, 0.25) is 0 Å². The second-order valence-electron chi connectivity index (χ2n) is 2.72. The van der Waals surface area contributed by atoms with Crippen LogP contribution in [0.1, 0.15) is 0 Å². The van der Waals surface area contributed by atoms with E-state index < -0.39 is 0 Å². The highest BCUT2D eigenvalue weighted by Crippen LogP contribution is 1.51. The smallest absolute Gasteiger partial charge is 0.127 e. The minimum atomic E-state index is 1.09. The summed E-state index contributed by atoms with van der Waals surface area (Å²) in [5.41, 5.74) is 3.85. The van der Waals surface area contributed by atoms with Gasteiger partial charge in [0.05, 0.1) is 0 Å². The number of hydrogen-bond acceptors (Lipinski definition) is 0. The first-order chi connectivity index (χ1) is 4.43. The minimum absolute atomic E-state index is 1.09. The predicted molar refractivity (Wildman–Crippen MR) is 35.0 cm³/mol. The molecule has 0 spiro atoms. The Morgan fingerprint density at radius 3 is 2.56 bits per heavy atom. The zero-order chi connectivity index (χ0) is 6.53. The highest BCUT2D eigenvalue weighted by Gasteiger charge is 2.13. The summed E-state index contributed by atoms with van der Waals surface area (Å²) in [6.07, 6.45) is 0. The van der Waals surface area contributed by atoms with E-state index in [2.05, 4.69) is 11.1 Å². The van der Waals surface area contributed by atoms with Gasteiger partial charge in [-0.2, -0.15) is 0 Å². The molecule has 0 bridgehead atoms. The van der Waals surface area contributed by atoms with Gasteiger partial charge in [-0.25, -0.2) is 0 Å². The number of rotatable bonds is 2. The van der Waals surface area contributed by atoms with Gasteiger partial charge in [-0.1, -0.05) is 0 Å². The second kappa shape index (κ2) is 3.82. The molecule has 0 saturated carbocycles. The van der Waals surface area contributed by atoms with Crippen molar-refractivity contribution in [3.8, 4) is 0 Å². The molecule has 0 aliphatic carbocycles. The zero-order valence-electron chi connectivity index (χ0n) is 6.03. The van der Waals surface area contributed by atoms with E-state index in [0.29, 0.717) is 0 Å². The van der Waals surface area contributed by atoms with E-state index in [1.54, 1.807) is 4.90 Å². The van der Waals surface area contributed by atoms with Crippen molar-refractivity contribution in [2.45, 2.75) is 0 Å². The first-order valence-corrected chi connectivity index (χ1v) is 3.88. The summed E-state index contributed by atoms with van der Waals surface area (Å²) < 4.78 is 0. The number of quaternary nitrogens is 3. The van der Waals surface area contributed by atoms with Gasteiger partial charge in [-0.05, 0) is 0 Å². The molecule has 0 amide bonds. The summed E-state index contributed by atoms with van der Waals surface area (Å²) in [6, 6.07) is 0. The average molecular weight is 132 g/mol. The monoisotopic (exact) mass is 132 g/mol. The first-order valence-electron chi connectivity index (χ1n) is 3.88. The third-order valence-electron chi connectivity index (χ3n) is 1.93. The van der Waals surface area contributed by atoms with Gasteiger partial charge in [0.1, 0.15) is 39.3 Å². The lowest BCUT2D eigenvalue weighted by molar-refractivity contribution is -0.950. The molecule has 1 aliphatic heterocycles. The van der Waals surface area contributed by atoms with E-state index in [4.69, 9.17) is 0 Å². The van der Waals surface area contributed by atoms with Crippen LogP contribution in [0.25, 0.3) is 0 Å². The molecule has 9 heavy (non-hydrogen) atoms. The van der Waals surface area contributed by atoms with Crippen LogP contribution in [0.15, 0.2) is 0 Å². The van der Waals surface area contributed by atoms with Gasteiger partial charge in [-0.3, -0.25) is 0 Å². The number of nitrogens with one attached hydrogen (secondary N) is 1. The molecule has 0 aromatic heterocycles. The van der Waals surface area contributed by atoms with Gasteiger partial charge >= 0.3 is 0 Å². The van der Waals surface area contributed by atoms with E-state index in [1.165, 1.54) is 32.7 Å². The molecule has 54 valence electrons. The summed E-state index contributed by atoms with van der Waals surface area (Å²) in [4.78, 5) is 1.74.